The van der Waals surface area contributed by atoms with Gasteiger partial charge in [-0.1, -0.05) is 11.6 Å². The Balaban J connectivity index is 2.12. The van der Waals surface area contributed by atoms with Crippen LogP contribution in [-0.4, -0.2) is 14.0 Å². The number of hydrogen-bond acceptors (Lipinski definition) is 8. The van der Waals surface area contributed by atoms with E-state index in [2.05, 4.69) is 22.9 Å². The normalized spacial score (nSPS) is 11.6. The minimum atomic E-state index is -0.586. The van der Waals surface area contributed by atoms with Gasteiger partial charge in [0.2, 0.25) is 0 Å². The number of hydrogen-bond donors (Lipinski definition) is 3. The fraction of sp³-hybridized carbons (Fsp3) is 0.0769. The van der Waals surface area contributed by atoms with Crippen molar-refractivity contribution in [1.82, 2.24) is 9.03 Å². The fourth-order valence-electron chi connectivity index (χ4n) is 2.30. The Morgan fingerprint density at radius 3 is 2.60 bits per heavy atom. The molecular weight excluding hydrogens is 370 g/mol. The predicted molar refractivity (Wildman–Crippen MR) is 92.8 cm³/mol. The number of azo groups is 1. The van der Waals surface area contributed by atoms with E-state index in [9.17, 15) is 14.9 Å². The zero-order valence-electron chi connectivity index (χ0n) is 12.6. The molecule has 0 saturated heterocycles. The molecule has 0 atom stereocenters. The molecule has 0 fully saturated rings. The van der Waals surface area contributed by atoms with E-state index < -0.39 is 10.5 Å². The number of thiol groups is 1. The second-order valence-corrected chi connectivity index (χ2v) is 5.89. The largest absolute Gasteiger partial charge is 0.382 e. The zero-order valence-corrected chi connectivity index (χ0v) is 14.2. The van der Waals surface area contributed by atoms with Crippen LogP contribution in [0.5, 0.6) is 0 Å². The van der Waals surface area contributed by atoms with Gasteiger partial charge in [-0.3, -0.25) is 20.3 Å². The fourth-order valence-corrected chi connectivity index (χ4v) is 2.70. The minimum absolute atomic E-state index is 0.0206. The summed E-state index contributed by atoms with van der Waals surface area (Å²) in [4.78, 5) is 22.4. The van der Waals surface area contributed by atoms with Gasteiger partial charge in [0.1, 0.15) is 5.69 Å². The first-order chi connectivity index (χ1) is 11.7. The van der Waals surface area contributed by atoms with Crippen LogP contribution >= 0.6 is 24.2 Å². The van der Waals surface area contributed by atoms with Gasteiger partial charge in [0.15, 0.2) is 17.0 Å². The predicted octanol–water partition coefficient (Wildman–Crippen LogP) is 2.47. The number of rotatable bonds is 3. The van der Waals surface area contributed by atoms with E-state index >= 15 is 0 Å². The quantitative estimate of drug-likeness (QED) is 0.278. The molecule has 10 nitrogen and oxygen atoms in total. The highest BCUT2D eigenvalue weighted by Gasteiger charge is 2.19. The third kappa shape index (κ3) is 2.53. The number of nitrogens with one attached hydrogen (secondary N) is 1. The van der Waals surface area contributed by atoms with E-state index in [0.717, 1.165) is 10.6 Å². The number of nitrogens with zero attached hydrogens (tertiary/aromatic N) is 5. The molecule has 0 amide bonds. The van der Waals surface area contributed by atoms with Crippen LogP contribution in [0, 0.1) is 22.4 Å². The monoisotopic (exact) mass is 379 g/mol. The van der Waals surface area contributed by atoms with E-state index in [4.69, 9.17) is 22.7 Å². The Morgan fingerprint density at radius 2 is 2.04 bits per heavy atom. The molecule has 25 heavy (non-hydrogen) atoms. The van der Waals surface area contributed by atoms with Crippen LogP contribution in [0.15, 0.2) is 38.1 Å². The Labute approximate surface area is 149 Å². The molecule has 2 aromatic heterocycles. The molecule has 1 aromatic carbocycles. The number of halogens is 1. The van der Waals surface area contributed by atoms with Gasteiger partial charge >= 0.3 is 0 Å². The van der Waals surface area contributed by atoms with E-state index in [0.29, 0.717) is 5.69 Å². The Morgan fingerprint density at radius 1 is 1.36 bits per heavy atom. The average Bonchev–Trinajstić information content (AvgIpc) is 2.94. The maximum absolute atomic E-state index is 12.1. The molecule has 3 rings (SSSR count). The topological polar surface area (TPSA) is 144 Å². The van der Waals surface area contributed by atoms with E-state index in [-0.39, 0.29) is 38.3 Å². The highest BCUT2D eigenvalue weighted by molar-refractivity contribution is 7.80. The number of nitrogen functional groups attached to an aromatic ring is 1. The van der Waals surface area contributed by atoms with Crippen LogP contribution < -0.4 is 16.8 Å². The van der Waals surface area contributed by atoms with Crippen molar-refractivity contribution in [1.29, 1.82) is 5.41 Å². The van der Waals surface area contributed by atoms with E-state index in [1.807, 2.05) is 0 Å². The van der Waals surface area contributed by atoms with Crippen LogP contribution in [0.1, 0.15) is 5.69 Å². The van der Waals surface area contributed by atoms with Gasteiger partial charge < -0.3 is 5.73 Å². The van der Waals surface area contributed by atoms with Crippen molar-refractivity contribution in [2.24, 2.45) is 10.2 Å². The van der Waals surface area contributed by atoms with E-state index in [1.165, 1.54) is 16.6 Å². The van der Waals surface area contributed by atoms with Crippen molar-refractivity contribution in [3.63, 3.8) is 0 Å². The van der Waals surface area contributed by atoms with Crippen molar-refractivity contribution >= 4 is 47.1 Å². The molecule has 0 bridgehead atoms. The summed E-state index contributed by atoms with van der Waals surface area (Å²) in [7, 11) is 0. The number of non-ortho nitro benzene ring substituents is 1. The number of anilines is 1. The van der Waals surface area contributed by atoms with Crippen LogP contribution in [0.2, 0.25) is 5.02 Å². The highest BCUT2D eigenvalue weighted by Crippen LogP contribution is 2.31. The van der Waals surface area contributed by atoms with Gasteiger partial charge in [-0.15, -0.1) is 22.9 Å². The number of nitro groups is 1. The summed E-state index contributed by atoms with van der Waals surface area (Å²) in [6.07, 6.45) is 0. The number of nitro benzene ring substituents is 1. The van der Waals surface area contributed by atoms with Crippen molar-refractivity contribution in [3.8, 4) is 0 Å². The van der Waals surface area contributed by atoms with Gasteiger partial charge in [-0.05, 0) is 13.0 Å². The lowest BCUT2D eigenvalue weighted by atomic mass is 10.3. The molecule has 3 N–H and O–H groups in total. The number of fused-ring (bicyclic) bond motifs is 1. The second-order valence-electron chi connectivity index (χ2n) is 5.04. The lowest BCUT2D eigenvalue weighted by Crippen LogP contribution is -2.21. The van der Waals surface area contributed by atoms with Gasteiger partial charge in [-0.2, -0.15) is 4.52 Å². The summed E-state index contributed by atoms with van der Waals surface area (Å²) in [6.45, 7) is 1.63. The Hall–Kier alpha value is -2.92. The summed E-state index contributed by atoms with van der Waals surface area (Å²) in [5, 5.41) is 26.6. The Bertz CT molecular complexity index is 1170. The molecule has 2 heterocycles. The van der Waals surface area contributed by atoms with Crippen molar-refractivity contribution in [3.05, 3.63) is 54.9 Å². The zero-order chi connectivity index (χ0) is 18.5. The first kappa shape index (κ1) is 16.9. The SMILES string of the molecule is Cc1c(S)c(=O)n2c(=N)c(N=Nc3ccc([N+](=O)[O-])cc3Cl)c(N)n12. The molecule has 0 saturated carbocycles. The van der Waals surface area contributed by atoms with Gasteiger partial charge in [0.25, 0.3) is 11.2 Å². The third-order valence-corrected chi connectivity index (χ3v) is 4.38. The first-order valence-corrected chi connectivity index (χ1v) is 7.55. The summed E-state index contributed by atoms with van der Waals surface area (Å²) in [5.41, 5.74) is 5.63. The maximum Gasteiger partial charge on any atom is 0.286 e. The number of aromatic nitrogens is 2. The summed E-state index contributed by atoms with van der Waals surface area (Å²) in [6, 6.07) is 3.69. The molecule has 128 valence electrons. The molecule has 12 heteroatoms. The standard InChI is InChI=1S/C13H10ClN7O3S/c1-5-10(25)13(22)20-12(16)9(11(15)19(5)20)18-17-8-3-2-6(21(23)24)4-7(8)14/h2-4,16,25H,15H2,1H3. The van der Waals surface area contributed by atoms with Crippen LogP contribution in [0.25, 0.3) is 0 Å². The molecule has 0 spiro atoms. The molecule has 0 aliphatic heterocycles. The summed E-state index contributed by atoms with van der Waals surface area (Å²) in [5.74, 6) is 0.0432. The van der Waals surface area contributed by atoms with Crippen molar-refractivity contribution in [2.75, 3.05) is 5.73 Å². The molecule has 0 aliphatic rings. The lowest BCUT2D eigenvalue weighted by Gasteiger charge is -1.97. The number of aryl methyl sites for hydroxylation is 1. The van der Waals surface area contributed by atoms with Gasteiger partial charge in [0.05, 0.1) is 20.5 Å². The molecule has 0 unspecified atom stereocenters. The molecule has 3 aromatic rings. The van der Waals surface area contributed by atoms with Crippen molar-refractivity contribution < 1.29 is 4.92 Å². The minimum Gasteiger partial charge on any atom is -0.382 e. The maximum atomic E-state index is 12.1. The Kier molecular flexibility index (Phi) is 3.97. The van der Waals surface area contributed by atoms with E-state index in [1.54, 1.807) is 6.92 Å². The summed E-state index contributed by atoms with van der Waals surface area (Å²) >= 11 is 10.0. The third-order valence-electron chi connectivity index (χ3n) is 3.56. The second kappa shape index (κ2) is 5.86. The first-order valence-electron chi connectivity index (χ1n) is 6.72. The molecule has 0 aliphatic carbocycles. The highest BCUT2D eigenvalue weighted by atomic mass is 35.5. The van der Waals surface area contributed by atoms with Crippen LogP contribution in [0.3, 0.4) is 0 Å². The van der Waals surface area contributed by atoms with Gasteiger partial charge in [-0.25, -0.2) is 4.52 Å². The smallest absolute Gasteiger partial charge is 0.286 e. The van der Waals surface area contributed by atoms with Gasteiger partial charge in [0, 0.05) is 12.1 Å². The molecular formula is C13H10ClN7O3S. The number of benzene rings is 1. The average molecular weight is 380 g/mol. The lowest BCUT2D eigenvalue weighted by molar-refractivity contribution is -0.384. The van der Waals surface area contributed by atoms with Crippen LogP contribution in [-0.2, 0) is 0 Å². The summed E-state index contributed by atoms with van der Waals surface area (Å²) < 4.78 is 2.34. The van der Waals surface area contributed by atoms with Crippen LogP contribution in [0.4, 0.5) is 22.9 Å². The van der Waals surface area contributed by atoms with Crippen molar-refractivity contribution in [2.45, 2.75) is 11.8 Å². The molecule has 0 radical (unpaired) electrons. The number of nitrogens with two attached hydrogens (primary N) is 1.